The van der Waals surface area contributed by atoms with E-state index in [0.717, 1.165) is 65.6 Å². The zero-order chi connectivity index (χ0) is 31.7. The highest BCUT2D eigenvalue weighted by molar-refractivity contribution is 6.16. The molecule has 3 aromatic carbocycles. The number of benzene rings is 3. The second-order valence-electron chi connectivity index (χ2n) is 14.3. The monoisotopic (exact) mass is 618 g/mol. The summed E-state index contributed by atoms with van der Waals surface area (Å²) in [6, 6.07) is 28.5. The maximum absolute atomic E-state index is 14.1. The second kappa shape index (κ2) is 12.9. The summed E-state index contributed by atoms with van der Waals surface area (Å²) in [6.07, 6.45) is 6.55. The van der Waals surface area contributed by atoms with Crippen molar-refractivity contribution in [2.75, 3.05) is 25.0 Å². The fraction of sp³-hybridized carbons (Fsp3) is 0.462. The number of fused-ring (bicyclic) bond motifs is 1. The molecule has 0 radical (unpaired) electrons. The molecule has 5 aliphatic rings. The van der Waals surface area contributed by atoms with Gasteiger partial charge >= 0.3 is 6.09 Å². The van der Waals surface area contributed by atoms with Crippen LogP contribution in [0.4, 0.5) is 10.5 Å². The Bertz CT molecular complexity index is 1550. The summed E-state index contributed by atoms with van der Waals surface area (Å²) >= 11 is 0. The van der Waals surface area contributed by atoms with Gasteiger partial charge < -0.3 is 20.3 Å². The van der Waals surface area contributed by atoms with Crippen LogP contribution in [-0.2, 0) is 16.0 Å². The first kappa shape index (κ1) is 30.5. The summed E-state index contributed by atoms with van der Waals surface area (Å²) in [5, 5.41) is 6.25. The van der Waals surface area contributed by atoms with E-state index in [1.165, 1.54) is 6.42 Å². The highest BCUT2D eigenvalue weighted by atomic mass is 16.6. The van der Waals surface area contributed by atoms with Gasteiger partial charge in [-0.15, -0.1) is 0 Å². The standard InChI is InChI=1S/C39H46N4O3/c1-39(37(44)40-18-17-26-11-5-3-6-12-26,42-38(45)46-36-30-20-27-19-28(22-30)23-31(36)21-27)24-32-25-41-35(29-13-7-4-8-14-29)33-15-9-10-16-34(33)43(32)2/h3-16,27-28,30-32,36H,17-25H2,1-2H3,(H,40,44)(H,42,45)/t27?,28?,30?,31?,32?,36?,39-/m0/s1. The Balaban J connectivity index is 1.12. The van der Waals surface area contributed by atoms with E-state index in [9.17, 15) is 9.59 Å². The number of hydrogen-bond acceptors (Lipinski definition) is 5. The molecular formula is C39H46N4O3. The molecule has 7 nitrogen and oxygen atoms in total. The number of carbonyl (C=O) groups excluding carboxylic acids is 2. The fourth-order valence-corrected chi connectivity index (χ4v) is 8.90. The third-order valence-electron chi connectivity index (χ3n) is 11.0. The van der Waals surface area contributed by atoms with Crippen LogP contribution in [0.1, 0.15) is 62.1 Å². The van der Waals surface area contributed by atoms with E-state index in [1.807, 2.05) is 55.5 Å². The van der Waals surface area contributed by atoms with Gasteiger partial charge in [0.05, 0.1) is 18.3 Å². The number of amides is 2. The lowest BCUT2D eigenvalue weighted by molar-refractivity contribution is -0.128. The zero-order valence-corrected chi connectivity index (χ0v) is 27.0. The average Bonchev–Trinajstić information content (AvgIpc) is 3.19. The van der Waals surface area contributed by atoms with Crippen molar-refractivity contribution in [2.45, 2.75) is 69.6 Å². The van der Waals surface area contributed by atoms with Crippen molar-refractivity contribution in [1.82, 2.24) is 10.6 Å². The van der Waals surface area contributed by atoms with Crippen molar-refractivity contribution >= 4 is 23.4 Å². The number of anilines is 1. The summed E-state index contributed by atoms with van der Waals surface area (Å²) in [7, 11) is 2.06. The number of para-hydroxylation sites is 1. The van der Waals surface area contributed by atoms with E-state index in [-0.39, 0.29) is 18.1 Å². The summed E-state index contributed by atoms with van der Waals surface area (Å²) < 4.78 is 6.25. The predicted octanol–water partition coefficient (Wildman–Crippen LogP) is 6.40. The summed E-state index contributed by atoms with van der Waals surface area (Å²) in [6.45, 7) is 2.80. The Morgan fingerprint density at radius 2 is 1.50 bits per heavy atom. The zero-order valence-electron chi connectivity index (χ0n) is 27.0. The molecule has 3 aromatic rings. The van der Waals surface area contributed by atoms with Crippen LogP contribution in [-0.4, -0.2) is 55.5 Å². The summed E-state index contributed by atoms with van der Waals surface area (Å²) in [4.78, 5) is 35.2. The minimum Gasteiger partial charge on any atom is -0.446 e. The van der Waals surface area contributed by atoms with Crippen molar-refractivity contribution in [3.8, 4) is 0 Å². The molecule has 4 aliphatic carbocycles. The van der Waals surface area contributed by atoms with Gasteiger partial charge in [0, 0.05) is 36.8 Å². The van der Waals surface area contributed by atoms with E-state index >= 15 is 0 Å². The molecule has 2 N–H and O–H groups in total. The van der Waals surface area contributed by atoms with E-state index in [4.69, 9.17) is 9.73 Å². The number of aliphatic imine (C=N–C) groups is 1. The molecule has 0 spiro atoms. The molecule has 240 valence electrons. The smallest absolute Gasteiger partial charge is 0.408 e. The number of rotatable bonds is 9. The van der Waals surface area contributed by atoms with Crippen molar-refractivity contribution < 1.29 is 14.3 Å². The lowest BCUT2D eigenvalue weighted by atomic mass is 9.55. The lowest BCUT2D eigenvalue weighted by Crippen LogP contribution is -2.61. The van der Waals surface area contributed by atoms with Crippen molar-refractivity contribution in [2.24, 2.45) is 28.7 Å². The van der Waals surface area contributed by atoms with Crippen LogP contribution in [0.3, 0.4) is 0 Å². The van der Waals surface area contributed by atoms with E-state index < -0.39 is 11.6 Å². The highest BCUT2D eigenvalue weighted by Crippen LogP contribution is 2.54. The van der Waals surface area contributed by atoms with Crippen molar-refractivity contribution in [3.05, 3.63) is 102 Å². The Labute approximate surface area is 272 Å². The highest BCUT2D eigenvalue weighted by Gasteiger charge is 2.50. The lowest BCUT2D eigenvalue weighted by Gasteiger charge is -2.53. The molecule has 2 atom stereocenters. The first-order valence-corrected chi connectivity index (χ1v) is 17.1. The van der Waals surface area contributed by atoms with Crippen LogP contribution in [0, 0.1) is 23.7 Å². The average molecular weight is 619 g/mol. The molecule has 1 unspecified atom stereocenters. The van der Waals surface area contributed by atoms with Crippen molar-refractivity contribution in [1.29, 1.82) is 0 Å². The van der Waals surface area contributed by atoms with Gasteiger partial charge in [-0.1, -0.05) is 78.9 Å². The number of alkyl carbamates (subject to hydrolysis) is 1. The molecule has 46 heavy (non-hydrogen) atoms. The topological polar surface area (TPSA) is 83.0 Å². The molecule has 8 rings (SSSR count). The molecule has 2 amide bonds. The number of likely N-dealkylation sites (N-methyl/N-ethyl adjacent to an activating group) is 1. The van der Waals surface area contributed by atoms with Crippen LogP contribution < -0.4 is 15.5 Å². The second-order valence-corrected chi connectivity index (χ2v) is 14.3. The van der Waals surface area contributed by atoms with Crippen LogP contribution in [0.25, 0.3) is 0 Å². The van der Waals surface area contributed by atoms with E-state index in [0.29, 0.717) is 37.8 Å². The summed E-state index contributed by atoms with van der Waals surface area (Å²) in [5.41, 5.74) is 4.05. The SMILES string of the molecule is CN1c2ccccc2C(c2ccccc2)=NCC1C[C@](C)(NC(=O)OC1C2CC3CC(C2)CC1C3)C(=O)NCCc1ccccc1. The fourth-order valence-electron chi connectivity index (χ4n) is 8.90. The van der Waals surface area contributed by atoms with Gasteiger partial charge in [0.2, 0.25) is 5.91 Å². The Hall–Kier alpha value is -4.13. The largest absolute Gasteiger partial charge is 0.446 e. The van der Waals surface area contributed by atoms with Gasteiger partial charge in [-0.25, -0.2) is 4.79 Å². The minimum absolute atomic E-state index is 0.0522. The van der Waals surface area contributed by atoms with Crippen LogP contribution in [0.5, 0.6) is 0 Å². The normalized spacial score (nSPS) is 27.5. The third-order valence-corrected chi connectivity index (χ3v) is 11.0. The molecule has 0 saturated heterocycles. The predicted molar refractivity (Wildman–Crippen MR) is 182 cm³/mol. The first-order valence-electron chi connectivity index (χ1n) is 17.1. The Morgan fingerprint density at radius 1 is 0.870 bits per heavy atom. The quantitative estimate of drug-likeness (QED) is 0.291. The molecule has 7 heteroatoms. The molecule has 4 bridgehead atoms. The molecule has 1 aliphatic heterocycles. The number of hydrogen-bond donors (Lipinski definition) is 2. The van der Waals surface area contributed by atoms with E-state index in [1.54, 1.807) is 0 Å². The van der Waals surface area contributed by atoms with E-state index in [2.05, 4.69) is 59.0 Å². The third kappa shape index (κ3) is 6.29. The first-order chi connectivity index (χ1) is 22.4. The molecule has 0 aromatic heterocycles. The van der Waals surface area contributed by atoms with Crippen LogP contribution in [0.15, 0.2) is 89.9 Å². The Morgan fingerprint density at radius 3 is 2.20 bits per heavy atom. The van der Waals surface area contributed by atoms with Gasteiger partial charge in [0.15, 0.2) is 0 Å². The number of ether oxygens (including phenoxy) is 1. The van der Waals surface area contributed by atoms with Gasteiger partial charge in [0.1, 0.15) is 11.6 Å². The van der Waals surface area contributed by atoms with Crippen LogP contribution >= 0.6 is 0 Å². The number of benzodiazepines with no additional fused rings is 1. The van der Waals surface area contributed by atoms with Gasteiger partial charge in [0.25, 0.3) is 0 Å². The Kier molecular flexibility index (Phi) is 8.58. The molecule has 4 fully saturated rings. The van der Waals surface area contributed by atoms with Crippen molar-refractivity contribution in [3.63, 3.8) is 0 Å². The maximum atomic E-state index is 14.1. The minimum atomic E-state index is -1.21. The maximum Gasteiger partial charge on any atom is 0.408 e. The molecule has 1 heterocycles. The number of carbonyl (C=O) groups is 2. The summed E-state index contributed by atoms with van der Waals surface area (Å²) in [5.74, 6) is 2.28. The number of nitrogens with one attached hydrogen (secondary N) is 2. The molecule has 4 saturated carbocycles. The number of nitrogens with zero attached hydrogens (tertiary/aromatic N) is 2. The molecular weight excluding hydrogens is 572 g/mol. The van der Waals surface area contributed by atoms with Crippen LogP contribution in [0.2, 0.25) is 0 Å². The van der Waals surface area contributed by atoms with Gasteiger partial charge in [-0.3, -0.25) is 9.79 Å². The van der Waals surface area contributed by atoms with Gasteiger partial charge in [-0.05, 0) is 80.8 Å². The van der Waals surface area contributed by atoms with Gasteiger partial charge in [-0.2, -0.15) is 0 Å².